The molecule has 50 heavy (non-hydrogen) atoms. The normalized spacial score (nSPS) is 13.8. The van der Waals surface area contributed by atoms with Gasteiger partial charge in [0.25, 0.3) is 0 Å². The number of nitrogens with two attached hydrogens (primary N) is 2. The zero-order valence-electron chi connectivity index (χ0n) is 27.5. The molecule has 0 aliphatic heterocycles. The third kappa shape index (κ3) is 8.18. The lowest BCUT2D eigenvalue weighted by Gasteiger charge is -2.32. The van der Waals surface area contributed by atoms with Crippen LogP contribution in [0.3, 0.4) is 0 Å². The predicted octanol–water partition coefficient (Wildman–Crippen LogP) is 9.36. The van der Waals surface area contributed by atoms with Crippen LogP contribution in [0.5, 0.6) is 0 Å². The van der Waals surface area contributed by atoms with Gasteiger partial charge >= 0.3 is 11.9 Å². The van der Waals surface area contributed by atoms with Crippen LogP contribution in [0.1, 0.15) is 47.9 Å². The van der Waals surface area contributed by atoms with E-state index < -0.39 is 23.4 Å². The molecule has 0 aromatic heterocycles. The topological polar surface area (TPSA) is 105 Å². The minimum absolute atomic E-state index is 0.211. The van der Waals surface area contributed by atoms with Gasteiger partial charge in [-0.3, -0.25) is 11.5 Å². The molecule has 0 spiro atoms. The first-order valence-corrected chi connectivity index (χ1v) is 17.4. The lowest BCUT2D eigenvalue weighted by atomic mass is 9.94. The summed E-state index contributed by atoms with van der Waals surface area (Å²) in [6.07, 6.45) is 2.86. The van der Waals surface area contributed by atoms with Crippen LogP contribution in [0, 0.1) is 0 Å². The maximum absolute atomic E-state index is 13.6. The molecule has 254 valence electrons. The van der Waals surface area contributed by atoms with Crippen molar-refractivity contribution in [2.45, 2.75) is 50.0 Å². The van der Waals surface area contributed by atoms with Crippen LogP contribution in [-0.4, -0.2) is 11.9 Å². The number of benzene rings is 6. The Hall–Kier alpha value is -4.72. The second kappa shape index (κ2) is 15.4. The molecule has 2 unspecified atom stereocenters. The maximum Gasteiger partial charge on any atom is 0.419 e. The molecule has 0 saturated heterocycles. The molecule has 0 aliphatic rings. The number of esters is 2. The van der Waals surface area contributed by atoms with Gasteiger partial charge in [-0.05, 0) is 82.6 Å². The van der Waals surface area contributed by atoms with Gasteiger partial charge in [-0.25, -0.2) is 9.59 Å². The van der Waals surface area contributed by atoms with Crippen LogP contribution in [0.25, 0.3) is 21.5 Å². The lowest BCUT2D eigenvalue weighted by molar-refractivity contribution is -0.188. The first-order chi connectivity index (χ1) is 24.1. The highest BCUT2D eigenvalue weighted by molar-refractivity contribution is 6.31. The summed E-state index contributed by atoms with van der Waals surface area (Å²) in [7, 11) is 0. The van der Waals surface area contributed by atoms with Gasteiger partial charge in [0.2, 0.25) is 0 Å². The second-order valence-electron chi connectivity index (χ2n) is 12.6. The van der Waals surface area contributed by atoms with Gasteiger partial charge in [0, 0.05) is 34.0 Å². The Kier molecular flexibility index (Phi) is 10.8. The molecule has 0 amide bonds. The van der Waals surface area contributed by atoms with Crippen molar-refractivity contribution in [3.05, 3.63) is 166 Å². The van der Waals surface area contributed by atoms with E-state index in [1.165, 1.54) is 0 Å². The molecular formula is C42H38Cl2N2O4. The summed E-state index contributed by atoms with van der Waals surface area (Å²) in [5.41, 5.74) is 13.5. The van der Waals surface area contributed by atoms with Crippen molar-refractivity contribution < 1.29 is 19.1 Å². The molecular weight excluding hydrogens is 667 g/mol. The van der Waals surface area contributed by atoms with E-state index in [1.807, 2.05) is 36.4 Å². The average molecular weight is 706 g/mol. The van der Waals surface area contributed by atoms with Gasteiger partial charge in [0.05, 0.1) is 0 Å². The van der Waals surface area contributed by atoms with Crippen LogP contribution in [-0.2, 0) is 43.4 Å². The molecule has 6 aromatic carbocycles. The summed E-state index contributed by atoms with van der Waals surface area (Å²) in [5, 5.41) is 5.38. The van der Waals surface area contributed by atoms with Gasteiger partial charge in [-0.1, -0.05) is 132 Å². The summed E-state index contributed by atoms with van der Waals surface area (Å²) < 4.78 is 11.6. The Morgan fingerprint density at radius 2 is 0.900 bits per heavy atom. The maximum atomic E-state index is 13.6. The van der Waals surface area contributed by atoms with Gasteiger partial charge in [-0.2, -0.15) is 0 Å². The zero-order chi connectivity index (χ0) is 35.1. The van der Waals surface area contributed by atoms with E-state index >= 15 is 0 Å². The number of aryl methyl sites for hydroxylation is 2. The fourth-order valence-electron chi connectivity index (χ4n) is 6.53. The second-order valence-corrected chi connectivity index (χ2v) is 13.4. The van der Waals surface area contributed by atoms with Gasteiger partial charge in [0.15, 0.2) is 11.4 Å². The molecule has 0 fully saturated rings. The zero-order valence-corrected chi connectivity index (χ0v) is 29.0. The minimum Gasteiger partial charge on any atom is -0.431 e. The van der Waals surface area contributed by atoms with E-state index in [2.05, 4.69) is 48.5 Å². The Bertz CT molecular complexity index is 1990. The van der Waals surface area contributed by atoms with Crippen LogP contribution in [0.15, 0.2) is 133 Å². The third-order valence-electron chi connectivity index (χ3n) is 9.09. The first kappa shape index (κ1) is 35.1. The van der Waals surface area contributed by atoms with Gasteiger partial charge in [-0.15, -0.1) is 0 Å². The lowest BCUT2D eigenvalue weighted by Crippen LogP contribution is -2.47. The molecule has 6 nitrogen and oxygen atoms in total. The van der Waals surface area contributed by atoms with E-state index in [4.69, 9.17) is 44.1 Å². The fourth-order valence-corrected chi connectivity index (χ4v) is 6.91. The SMILES string of the molecule is NC(CCCc1cccc2ccccc12)(OC(=O)C(=O)OC(N)(CCCc1cccc2ccccc12)c1cccc(Cl)c1)c1cccc(Cl)c1. The van der Waals surface area contributed by atoms with Crippen LogP contribution < -0.4 is 11.5 Å². The Labute approximate surface area is 301 Å². The third-order valence-corrected chi connectivity index (χ3v) is 9.56. The van der Waals surface area contributed by atoms with Gasteiger partial charge < -0.3 is 9.47 Å². The summed E-state index contributed by atoms with van der Waals surface area (Å²) >= 11 is 12.6. The van der Waals surface area contributed by atoms with Crippen molar-refractivity contribution in [3.63, 3.8) is 0 Å². The molecule has 0 saturated carbocycles. The van der Waals surface area contributed by atoms with Crippen molar-refractivity contribution in [1.29, 1.82) is 0 Å². The highest BCUT2D eigenvalue weighted by Gasteiger charge is 2.39. The van der Waals surface area contributed by atoms with Crippen molar-refractivity contribution in [2.24, 2.45) is 11.5 Å². The molecule has 6 rings (SSSR count). The van der Waals surface area contributed by atoms with Crippen LogP contribution in [0.4, 0.5) is 0 Å². The molecule has 6 aromatic rings. The molecule has 4 N–H and O–H groups in total. The smallest absolute Gasteiger partial charge is 0.419 e. The number of fused-ring (bicyclic) bond motifs is 2. The van der Waals surface area contributed by atoms with Crippen LogP contribution >= 0.6 is 23.2 Å². The number of carbonyl (C=O) groups is 2. The molecule has 2 atom stereocenters. The fraction of sp³-hybridized carbons (Fsp3) is 0.190. The Balaban J connectivity index is 1.20. The molecule has 0 radical (unpaired) electrons. The molecule has 0 aliphatic carbocycles. The predicted molar refractivity (Wildman–Crippen MR) is 201 cm³/mol. The van der Waals surface area contributed by atoms with Crippen LogP contribution in [0.2, 0.25) is 10.0 Å². The molecule has 0 heterocycles. The largest absolute Gasteiger partial charge is 0.431 e. The van der Waals surface area contributed by atoms with Crippen molar-refractivity contribution in [2.75, 3.05) is 0 Å². The van der Waals surface area contributed by atoms with Crippen molar-refractivity contribution in [3.8, 4) is 0 Å². The minimum atomic E-state index is -1.67. The molecule has 0 bridgehead atoms. The van der Waals surface area contributed by atoms with Crippen molar-refractivity contribution >= 4 is 56.7 Å². The van der Waals surface area contributed by atoms with E-state index in [0.29, 0.717) is 46.9 Å². The van der Waals surface area contributed by atoms with E-state index in [0.717, 1.165) is 32.7 Å². The number of carbonyl (C=O) groups excluding carboxylic acids is 2. The Morgan fingerprint density at radius 1 is 0.520 bits per heavy atom. The first-order valence-electron chi connectivity index (χ1n) is 16.6. The average Bonchev–Trinajstić information content (AvgIpc) is 3.12. The number of hydrogen-bond acceptors (Lipinski definition) is 6. The Morgan fingerprint density at radius 3 is 1.32 bits per heavy atom. The summed E-state index contributed by atoms with van der Waals surface area (Å²) in [6, 6.07) is 42.1. The summed E-state index contributed by atoms with van der Waals surface area (Å²) in [5.74, 6) is -2.52. The standard InChI is InChI=1S/C42H38Cl2N2O4/c43-35-21-7-19-33(27-35)41(45,25-9-17-31-15-5-13-29-11-1-3-23-37(29)31)49-39(47)40(48)50-42(46,34-20-8-22-36(44)28-34)26-10-18-32-16-6-14-30-12-2-4-24-38(30)32/h1-8,11-16,19-24,27-28H,9-10,17-18,25-26,45-46H2. The number of rotatable bonds is 12. The van der Waals surface area contributed by atoms with E-state index in [9.17, 15) is 9.59 Å². The summed E-state index contributed by atoms with van der Waals surface area (Å²) in [4.78, 5) is 27.1. The number of halogens is 2. The summed E-state index contributed by atoms with van der Waals surface area (Å²) in [6.45, 7) is 0. The monoisotopic (exact) mass is 704 g/mol. The number of hydrogen-bond donors (Lipinski definition) is 2. The van der Waals surface area contributed by atoms with Gasteiger partial charge in [0.1, 0.15) is 0 Å². The number of ether oxygens (including phenoxy) is 2. The van der Waals surface area contributed by atoms with E-state index in [-0.39, 0.29) is 12.8 Å². The quantitative estimate of drug-likeness (QED) is 0.0747. The van der Waals surface area contributed by atoms with Crippen molar-refractivity contribution in [1.82, 2.24) is 0 Å². The molecule has 8 heteroatoms. The highest BCUT2D eigenvalue weighted by atomic mass is 35.5. The van der Waals surface area contributed by atoms with E-state index in [1.54, 1.807) is 48.5 Å². The highest BCUT2D eigenvalue weighted by Crippen LogP contribution is 2.32.